The first kappa shape index (κ1) is 27.1. The highest BCUT2D eigenvalue weighted by atomic mass is 16.5. The van der Waals surface area contributed by atoms with E-state index in [-0.39, 0.29) is 5.56 Å². The van der Waals surface area contributed by atoms with Gasteiger partial charge in [0, 0.05) is 45.3 Å². The Balaban J connectivity index is 1.15. The molecule has 0 spiro atoms. The first-order valence-electron chi connectivity index (χ1n) is 14.8. The Labute approximate surface area is 245 Å². The van der Waals surface area contributed by atoms with E-state index in [2.05, 4.69) is 51.8 Å². The number of aliphatic hydroxyl groups is 2. The zero-order valence-electron chi connectivity index (χ0n) is 24.1. The van der Waals surface area contributed by atoms with Crippen molar-refractivity contribution in [3.63, 3.8) is 0 Å². The van der Waals surface area contributed by atoms with E-state index >= 15 is 0 Å². The van der Waals surface area contributed by atoms with Gasteiger partial charge in [0.15, 0.2) is 6.29 Å². The molecular formula is C33H37N4O5+. The second kappa shape index (κ2) is 11.1. The van der Waals surface area contributed by atoms with Gasteiger partial charge in [0.25, 0.3) is 0 Å². The molecule has 2 aromatic heterocycles. The first-order chi connectivity index (χ1) is 20.5. The summed E-state index contributed by atoms with van der Waals surface area (Å²) < 4.78 is 22.0. The number of aryl methyl sites for hydroxylation is 1. The molecule has 2 N–H and O–H groups in total. The van der Waals surface area contributed by atoms with Crippen LogP contribution in [-0.2, 0) is 24.3 Å². The molecule has 4 aromatic rings. The Morgan fingerprint density at radius 1 is 1.07 bits per heavy atom. The Kier molecular flexibility index (Phi) is 7.19. The van der Waals surface area contributed by atoms with Gasteiger partial charge in [0.2, 0.25) is 6.23 Å². The number of ether oxygens (including phenoxy) is 3. The van der Waals surface area contributed by atoms with Crippen LogP contribution in [0.4, 0.5) is 0 Å². The molecule has 1 unspecified atom stereocenters. The van der Waals surface area contributed by atoms with Crippen molar-refractivity contribution in [3.8, 4) is 28.7 Å². The summed E-state index contributed by atoms with van der Waals surface area (Å²) in [5.41, 5.74) is 7.16. The van der Waals surface area contributed by atoms with Crippen LogP contribution < -0.4 is 14.0 Å². The Morgan fingerprint density at radius 2 is 1.90 bits per heavy atom. The maximum absolute atomic E-state index is 9.78. The van der Waals surface area contributed by atoms with Gasteiger partial charge < -0.3 is 24.4 Å². The first-order valence-corrected chi connectivity index (χ1v) is 14.8. The summed E-state index contributed by atoms with van der Waals surface area (Å²) in [6.45, 7) is 8.33. The van der Waals surface area contributed by atoms with Crippen molar-refractivity contribution in [2.45, 2.75) is 64.8 Å². The smallest absolute Gasteiger partial charge is 0.324 e. The zero-order chi connectivity index (χ0) is 28.8. The molecule has 9 heteroatoms. The highest BCUT2D eigenvalue weighted by molar-refractivity contribution is 5.67. The minimum Gasteiger partial charge on any atom is -0.488 e. The number of hydrogen-bond acceptors (Lipinski definition) is 7. The Hall–Kier alpha value is -3.76. The second-order valence-electron chi connectivity index (χ2n) is 11.5. The second-order valence-corrected chi connectivity index (χ2v) is 11.5. The predicted molar refractivity (Wildman–Crippen MR) is 155 cm³/mol. The minimum absolute atomic E-state index is 0.236. The van der Waals surface area contributed by atoms with E-state index in [1.165, 1.54) is 17.3 Å². The van der Waals surface area contributed by atoms with Crippen LogP contribution in [-0.4, -0.2) is 50.7 Å². The monoisotopic (exact) mass is 569 g/mol. The average molecular weight is 570 g/mol. The van der Waals surface area contributed by atoms with Gasteiger partial charge in [-0.05, 0) is 66.6 Å². The topological polar surface area (TPSA) is 93.1 Å². The zero-order valence-corrected chi connectivity index (χ0v) is 24.1. The largest absolute Gasteiger partial charge is 0.488 e. The van der Waals surface area contributed by atoms with Crippen LogP contribution in [0.2, 0.25) is 0 Å². The summed E-state index contributed by atoms with van der Waals surface area (Å²) in [5.74, 6) is 1.93. The van der Waals surface area contributed by atoms with Gasteiger partial charge in [0.1, 0.15) is 23.6 Å². The standard InChI is InChI=1S/C33H37N4O5/c1-21-5-3-6-27(29-7-4-8-30-36(29)22(2)42-32-28(33(38)39)18-34-37(30)32)31(21)41-20-23-9-10-25-19-35(14-11-24(25)17-23)26-12-15-40-16-13-26/h3-10,17-18,22,26,33,38-39H,11-16,19-20H2,1-2H3/q+1. The summed E-state index contributed by atoms with van der Waals surface area (Å²) in [5, 5.41) is 23.9. The molecule has 1 saturated heterocycles. The third-order valence-electron chi connectivity index (χ3n) is 8.79. The lowest BCUT2D eigenvalue weighted by atomic mass is 9.95. The number of para-hydroxylation sites is 1. The molecular weight excluding hydrogens is 532 g/mol. The highest BCUT2D eigenvalue weighted by Gasteiger charge is 2.37. The maximum Gasteiger partial charge on any atom is 0.324 e. The Bertz CT molecular complexity index is 1610. The molecule has 0 bridgehead atoms. The number of nitrogens with zero attached hydrogens (tertiary/aromatic N) is 4. The lowest BCUT2D eigenvalue weighted by molar-refractivity contribution is -0.740. The van der Waals surface area contributed by atoms with Crippen LogP contribution in [0.25, 0.3) is 17.1 Å². The van der Waals surface area contributed by atoms with Crippen molar-refractivity contribution in [1.29, 1.82) is 0 Å². The molecule has 42 heavy (non-hydrogen) atoms. The molecule has 0 amide bonds. The molecule has 1 fully saturated rings. The third kappa shape index (κ3) is 4.86. The van der Waals surface area contributed by atoms with Crippen molar-refractivity contribution in [1.82, 2.24) is 14.7 Å². The predicted octanol–water partition coefficient (Wildman–Crippen LogP) is 4.15. The molecule has 0 radical (unpaired) electrons. The molecule has 7 rings (SSSR count). The highest BCUT2D eigenvalue weighted by Crippen LogP contribution is 2.36. The molecule has 3 aliphatic heterocycles. The number of hydrogen-bond donors (Lipinski definition) is 2. The number of benzene rings is 2. The maximum atomic E-state index is 9.78. The summed E-state index contributed by atoms with van der Waals surface area (Å²) in [6.07, 6.45) is 2.67. The summed E-state index contributed by atoms with van der Waals surface area (Å²) in [7, 11) is 0. The van der Waals surface area contributed by atoms with E-state index in [1.807, 2.05) is 31.2 Å². The van der Waals surface area contributed by atoms with Crippen molar-refractivity contribution in [2.24, 2.45) is 0 Å². The van der Waals surface area contributed by atoms with Gasteiger partial charge >= 0.3 is 11.7 Å². The fourth-order valence-electron chi connectivity index (χ4n) is 6.59. The quantitative estimate of drug-likeness (QED) is 0.266. The van der Waals surface area contributed by atoms with Crippen molar-refractivity contribution < 1.29 is 29.0 Å². The SMILES string of the molecule is Cc1cccc(-c2cccc3[n+]2C(C)Oc2c(C(O)O)cnn2-3)c1OCc1ccc2c(c1)CCN(C1CCOCC1)C2. The van der Waals surface area contributed by atoms with Crippen molar-refractivity contribution in [3.05, 3.63) is 88.6 Å². The summed E-state index contributed by atoms with van der Waals surface area (Å²) >= 11 is 0. The van der Waals surface area contributed by atoms with E-state index in [9.17, 15) is 10.2 Å². The lowest BCUT2D eigenvalue weighted by Gasteiger charge is -2.37. The molecule has 218 valence electrons. The number of pyridine rings is 1. The van der Waals surface area contributed by atoms with Crippen LogP contribution in [0.15, 0.2) is 60.8 Å². The fourth-order valence-corrected chi connectivity index (χ4v) is 6.59. The van der Waals surface area contributed by atoms with Gasteiger partial charge in [-0.2, -0.15) is 4.57 Å². The van der Waals surface area contributed by atoms with E-state index < -0.39 is 12.5 Å². The fraction of sp³-hybridized carbons (Fsp3) is 0.394. The Morgan fingerprint density at radius 3 is 2.74 bits per heavy atom. The number of aliphatic hydroxyl groups excluding tert-OH is 1. The van der Waals surface area contributed by atoms with Crippen LogP contribution in [0.3, 0.4) is 0 Å². The van der Waals surface area contributed by atoms with Gasteiger partial charge in [-0.15, -0.1) is 0 Å². The summed E-state index contributed by atoms with van der Waals surface area (Å²) in [6, 6.07) is 19.6. The average Bonchev–Trinajstić information content (AvgIpc) is 3.44. The molecule has 0 aliphatic carbocycles. The van der Waals surface area contributed by atoms with E-state index in [0.717, 1.165) is 79.5 Å². The molecule has 5 heterocycles. The van der Waals surface area contributed by atoms with Gasteiger partial charge in [-0.25, -0.2) is 0 Å². The van der Waals surface area contributed by atoms with E-state index in [0.29, 0.717) is 18.5 Å². The normalized spacial score (nSPS) is 18.7. The van der Waals surface area contributed by atoms with Gasteiger partial charge in [0.05, 0.1) is 11.8 Å². The lowest BCUT2D eigenvalue weighted by Crippen LogP contribution is -2.50. The van der Waals surface area contributed by atoms with E-state index in [1.54, 1.807) is 4.68 Å². The van der Waals surface area contributed by atoms with Crippen LogP contribution >= 0.6 is 0 Å². The van der Waals surface area contributed by atoms with Gasteiger partial charge in [-0.1, -0.05) is 40.1 Å². The van der Waals surface area contributed by atoms with Crippen molar-refractivity contribution in [2.75, 3.05) is 19.8 Å². The number of rotatable bonds is 6. The molecule has 9 nitrogen and oxygen atoms in total. The van der Waals surface area contributed by atoms with Gasteiger partial charge in [-0.3, -0.25) is 4.90 Å². The summed E-state index contributed by atoms with van der Waals surface area (Å²) in [4.78, 5) is 2.63. The molecule has 1 atom stereocenters. The van der Waals surface area contributed by atoms with E-state index in [4.69, 9.17) is 14.2 Å². The van der Waals surface area contributed by atoms with Crippen molar-refractivity contribution >= 4 is 0 Å². The molecule has 0 saturated carbocycles. The number of aromatic nitrogens is 3. The van der Waals surface area contributed by atoms with Crippen LogP contribution in [0, 0.1) is 6.92 Å². The van der Waals surface area contributed by atoms with Crippen LogP contribution in [0.5, 0.6) is 11.6 Å². The molecule has 2 aromatic carbocycles. The third-order valence-corrected chi connectivity index (χ3v) is 8.79. The molecule has 3 aliphatic rings. The minimum atomic E-state index is -1.66. The number of fused-ring (bicyclic) bond motifs is 4. The van der Waals surface area contributed by atoms with Crippen LogP contribution in [0.1, 0.15) is 60.1 Å².